The number of fused-ring (bicyclic) bond motifs is 1. The molecule has 1 aliphatic heterocycles. The molecule has 21 heavy (non-hydrogen) atoms. The second-order valence-corrected chi connectivity index (χ2v) is 6.59. The Kier molecular flexibility index (Phi) is 3.25. The van der Waals surface area contributed by atoms with Crippen molar-refractivity contribution in [2.75, 3.05) is 5.75 Å². The molecule has 6 nitrogen and oxygen atoms in total. The third kappa shape index (κ3) is 2.66. The van der Waals surface area contributed by atoms with Crippen molar-refractivity contribution in [2.45, 2.75) is 18.3 Å². The highest BCUT2D eigenvalue weighted by atomic mass is 32.2. The van der Waals surface area contributed by atoms with E-state index in [-0.39, 0.29) is 18.9 Å². The number of halogens is 1. The molecule has 0 saturated carbocycles. The lowest BCUT2D eigenvalue weighted by Crippen LogP contribution is -2.31. The van der Waals surface area contributed by atoms with Crippen molar-refractivity contribution in [2.24, 2.45) is 0 Å². The Morgan fingerprint density at radius 3 is 2.81 bits per heavy atom. The van der Waals surface area contributed by atoms with Crippen LogP contribution in [0.25, 0.3) is 0 Å². The van der Waals surface area contributed by atoms with Crippen molar-refractivity contribution in [3.63, 3.8) is 0 Å². The summed E-state index contributed by atoms with van der Waals surface area (Å²) in [5, 5.41) is -0.474. The first-order valence-corrected chi connectivity index (χ1v) is 7.78. The Labute approximate surface area is 120 Å². The Morgan fingerprint density at radius 2 is 2.10 bits per heavy atom. The minimum Gasteiger partial charge on any atom is -0.437 e. The van der Waals surface area contributed by atoms with Crippen LogP contribution >= 0.6 is 0 Å². The van der Waals surface area contributed by atoms with Gasteiger partial charge >= 0.3 is 5.22 Å². The van der Waals surface area contributed by atoms with Crippen molar-refractivity contribution in [1.82, 2.24) is 9.88 Å². The fraction of sp³-hybridized carbons (Fsp3) is 0.231. The van der Waals surface area contributed by atoms with Gasteiger partial charge in [-0.05, 0) is 23.3 Å². The normalized spacial score (nSPS) is 14.2. The van der Waals surface area contributed by atoms with Gasteiger partial charge in [0.2, 0.25) is 15.7 Å². The van der Waals surface area contributed by atoms with E-state index in [1.165, 1.54) is 23.2 Å². The van der Waals surface area contributed by atoms with Crippen molar-refractivity contribution in [1.29, 1.82) is 0 Å². The molecule has 3 rings (SSSR count). The molecule has 0 fully saturated rings. The van der Waals surface area contributed by atoms with Crippen molar-refractivity contribution in [3.05, 3.63) is 47.6 Å². The lowest BCUT2D eigenvalue weighted by molar-refractivity contribution is -0.129. The zero-order chi connectivity index (χ0) is 15.0. The number of sulfone groups is 1. The fourth-order valence-electron chi connectivity index (χ4n) is 2.22. The van der Waals surface area contributed by atoms with Gasteiger partial charge < -0.3 is 9.32 Å². The van der Waals surface area contributed by atoms with E-state index in [4.69, 9.17) is 4.42 Å². The van der Waals surface area contributed by atoms with Gasteiger partial charge in [-0.3, -0.25) is 4.79 Å². The average molecular weight is 310 g/mol. The molecule has 0 aliphatic carbocycles. The molecule has 2 heterocycles. The highest BCUT2D eigenvalue weighted by molar-refractivity contribution is 7.91. The highest BCUT2D eigenvalue weighted by Gasteiger charge is 2.30. The minimum absolute atomic E-state index is 0.201. The van der Waals surface area contributed by atoms with Crippen LogP contribution in [0.4, 0.5) is 4.39 Å². The molecule has 0 N–H and O–H groups in total. The number of oxazole rings is 1. The highest BCUT2D eigenvalue weighted by Crippen LogP contribution is 2.24. The SMILES string of the molecule is O=C(CS(=O)(=O)c1ncco1)N1Cc2ccc(F)cc2C1. The predicted molar refractivity (Wildman–Crippen MR) is 69.2 cm³/mol. The second kappa shape index (κ2) is 4.96. The number of rotatable bonds is 3. The first-order chi connectivity index (χ1) is 9.95. The van der Waals surface area contributed by atoms with Crippen LogP contribution < -0.4 is 0 Å². The molecular weight excluding hydrogens is 299 g/mol. The Balaban J connectivity index is 1.74. The molecule has 0 radical (unpaired) electrons. The van der Waals surface area contributed by atoms with E-state index in [2.05, 4.69) is 4.98 Å². The number of amides is 1. The third-order valence-electron chi connectivity index (χ3n) is 3.23. The van der Waals surface area contributed by atoms with E-state index in [0.717, 1.165) is 11.8 Å². The number of benzene rings is 1. The Hall–Kier alpha value is -2.22. The summed E-state index contributed by atoms with van der Waals surface area (Å²) in [4.78, 5) is 17.0. The fourth-order valence-corrected chi connectivity index (χ4v) is 3.27. The summed E-state index contributed by atoms with van der Waals surface area (Å²) in [6, 6.07) is 4.27. The first-order valence-electron chi connectivity index (χ1n) is 6.13. The maximum absolute atomic E-state index is 13.1. The van der Waals surface area contributed by atoms with Crippen LogP contribution in [-0.2, 0) is 27.7 Å². The van der Waals surface area contributed by atoms with Crippen LogP contribution in [-0.4, -0.2) is 30.0 Å². The van der Waals surface area contributed by atoms with Gasteiger partial charge in [0.25, 0.3) is 0 Å². The lowest BCUT2D eigenvalue weighted by Gasteiger charge is -2.14. The lowest BCUT2D eigenvalue weighted by atomic mass is 10.1. The Bertz CT molecular complexity index is 787. The molecule has 1 aromatic heterocycles. The molecule has 0 bridgehead atoms. The number of hydrogen-bond donors (Lipinski definition) is 0. The molecule has 1 amide bonds. The van der Waals surface area contributed by atoms with Gasteiger partial charge in [0.05, 0.1) is 6.20 Å². The summed E-state index contributed by atoms with van der Waals surface area (Å²) in [6.07, 6.45) is 2.33. The molecule has 0 atom stereocenters. The van der Waals surface area contributed by atoms with E-state index in [9.17, 15) is 17.6 Å². The summed E-state index contributed by atoms with van der Waals surface area (Å²) >= 11 is 0. The van der Waals surface area contributed by atoms with Gasteiger partial charge in [0.15, 0.2) is 0 Å². The van der Waals surface area contributed by atoms with E-state index < -0.39 is 26.7 Å². The van der Waals surface area contributed by atoms with Gasteiger partial charge in [-0.25, -0.2) is 17.8 Å². The zero-order valence-corrected chi connectivity index (χ0v) is 11.6. The van der Waals surface area contributed by atoms with Crippen LogP contribution in [0.15, 0.2) is 40.3 Å². The van der Waals surface area contributed by atoms with E-state index in [0.29, 0.717) is 5.56 Å². The summed E-state index contributed by atoms with van der Waals surface area (Å²) in [7, 11) is -3.89. The van der Waals surface area contributed by atoms with Crippen LogP contribution in [0.2, 0.25) is 0 Å². The molecule has 110 valence electrons. The third-order valence-corrected chi connectivity index (χ3v) is 4.59. The molecular formula is C13H11FN2O4S. The van der Waals surface area contributed by atoms with E-state index in [1.54, 1.807) is 6.07 Å². The van der Waals surface area contributed by atoms with Gasteiger partial charge in [-0.1, -0.05) is 6.07 Å². The quantitative estimate of drug-likeness (QED) is 0.849. The summed E-state index contributed by atoms with van der Waals surface area (Å²) in [5.41, 5.74) is 1.51. The molecule has 8 heteroatoms. The molecule has 0 spiro atoms. The van der Waals surface area contributed by atoms with Crippen molar-refractivity contribution < 1.29 is 22.0 Å². The smallest absolute Gasteiger partial charge is 0.315 e. The van der Waals surface area contributed by atoms with Crippen molar-refractivity contribution in [3.8, 4) is 0 Å². The van der Waals surface area contributed by atoms with Crippen LogP contribution in [0, 0.1) is 5.82 Å². The summed E-state index contributed by atoms with van der Waals surface area (Å²) in [6.45, 7) is 0.475. The van der Waals surface area contributed by atoms with Crippen molar-refractivity contribution >= 4 is 15.7 Å². The van der Waals surface area contributed by atoms with Gasteiger partial charge in [0, 0.05) is 13.1 Å². The number of nitrogens with zero attached hydrogens (tertiary/aromatic N) is 2. The van der Waals surface area contributed by atoms with Gasteiger partial charge in [-0.2, -0.15) is 0 Å². The van der Waals surface area contributed by atoms with Crippen LogP contribution in [0.1, 0.15) is 11.1 Å². The van der Waals surface area contributed by atoms with Crippen LogP contribution in [0.3, 0.4) is 0 Å². The Morgan fingerprint density at radius 1 is 1.33 bits per heavy atom. The van der Waals surface area contributed by atoms with Gasteiger partial charge in [-0.15, -0.1) is 0 Å². The number of carbonyl (C=O) groups is 1. The molecule has 1 aromatic carbocycles. The monoisotopic (exact) mass is 310 g/mol. The second-order valence-electron chi connectivity index (χ2n) is 4.72. The zero-order valence-electron chi connectivity index (χ0n) is 10.8. The number of aromatic nitrogens is 1. The molecule has 2 aromatic rings. The van der Waals surface area contributed by atoms with E-state index in [1.807, 2.05) is 0 Å². The summed E-state index contributed by atoms with van der Waals surface area (Å²) < 4.78 is 41.7. The standard InChI is InChI=1S/C13H11FN2O4S/c14-11-2-1-9-6-16(7-10(9)5-11)12(17)8-21(18,19)13-15-3-4-20-13/h1-5H,6-8H2. The predicted octanol–water partition coefficient (Wildman–Crippen LogP) is 1.13. The largest absolute Gasteiger partial charge is 0.437 e. The van der Waals surface area contributed by atoms with Gasteiger partial charge in [0.1, 0.15) is 17.8 Å². The first kappa shape index (κ1) is 13.7. The maximum atomic E-state index is 13.1. The minimum atomic E-state index is -3.89. The summed E-state index contributed by atoms with van der Waals surface area (Å²) in [5.74, 6) is -1.66. The maximum Gasteiger partial charge on any atom is 0.315 e. The molecule has 1 aliphatic rings. The average Bonchev–Trinajstić information content (AvgIpc) is 3.07. The molecule has 0 unspecified atom stereocenters. The number of carbonyl (C=O) groups excluding carboxylic acids is 1. The number of hydrogen-bond acceptors (Lipinski definition) is 5. The molecule has 0 saturated heterocycles. The van der Waals surface area contributed by atoms with Crippen LogP contribution in [0.5, 0.6) is 0 Å². The topological polar surface area (TPSA) is 80.5 Å². The van der Waals surface area contributed by atoms with E-state index >= 15 is 0 Å².